The largest absolute Gasteiger partial charge is 0.469 e. The highest BCUT2D eigenvalue weighted by molar-refractivity contribution is 6.99. The van der Waals surface area contributed by atoms with Crippen LogP contribution in [0, 0.1) is 11.8 Å². The number of hydrogen-bond donors (Lipinski definition) is 1. The molecule has 2 aromatic rings. The van der Waals surface area contributed by atoms with E-state index in [-0.39, 0.29) is 28.9 Å². The molecule has 3 rings (SSSR count). The normalized spacial score (nSPS) is 25.0. The maximum Gasteiger partial charge on any atom is 0.308 e. The SMILES string of the molecule is COC(=O)[C@@H]1C[C@@H](O)[C@@H](C)[C@H](O[Si](c2ccccc2)(c2ccccc2)C(C)(C)C)C1. The Morgan fingerprint density at radius 3 is 1.90 bits per heavy atom. The molecule has 0 radical (unpaired) electrons. The zero-order chi connectivity index (χ0) is 21.9. The number of methoxy groups -OCH3 is 1. The van der Waals surface area contributed by atoms with Gasteiger partial charge in [0.2, 0.25) is 0 Å². The molecule has 0 aliphatic heterocycles. The van der Waals surface area contributed by atoms with Crippen molar-refractivity contribution < 1.29 is 19.1 Å². The first kappa shape index (κ1) is 22.7. The molecule has 0 unspecified atom stereocenters. The topological polar surface area (TPSA) is 55.8 Å². The van der Waals surface area contributed by atoms with Crippen molar-refractivity contribution in [1.82, 2.24) is 0 Å². The van der Waals surface area contributed by atoms with Crippen LogP contribution in [0.3, 0.4) is 0 Å². The summed E-state index contributed by atoms with van der Waals surface area (Å²) in [6.07, 6.45) is 0.166. The van der Waals surface area contributed by atoms with E-state index in [4.69, 9.17) is 9.16 Å². The molecule has 0 heterocycles. The van der Waals surface area contributed by atoms with Crippen molar-refractivity contribution in [2.75, 3.05) is 7.11 Å². The van der Waals surface area contributed by atoms with Crippen molar-refractivity contribution in [1.29, 1.82) is 0 Å². The van der Waals surface area contributed by atoms with Gasteiger partial charge in [-0.2, -0.15) is 0 Å². The van der Waals surface area contributed by atoms with Gasteiger partial charge in [-0.15, -0.1) is 0 Å². The third kappa shape index (κ3) is 4.24. The molecule has 0 aromatic heterocycles. The molecule has 0 bridgehead atoms. The first-order valence-corrected chi connectivity index (χ1v) is 12.7. The minimum Gasteiger partial charge on any atom is -0.469 e. The molecule has 2 aromatic carbocycles. The molecule has 4 atom stereocenters. The molecule has 0 spiro atoms. The molecule has 1 aliphatic carbocycles. The Kier molecular flexibility index (Phi) is 6.85. The van der Waals surface area contributed by atoms with Crippen molar-refractivity contribution in [3.63, 3.8) is 0 Å². The van der Waals surface area contributed by atoms with Gasteiger partial charge in [-0.3, -0.25) is 4.79 Å². The van der Waals surface area contributed by atoms with Gasteiger partial charge in [0.15, 0.2) is 0 Å². The van der Waals surface area contributed by atoms with E-state index in [1.165, 1.54) is 17.5 Å². The lowest BCUT2D eigenvalue weighted by atomic mass is 9.79. The molecular weight excluding hydrogens is 392 g/mol. The van der Waals surface area contributed by atoms with E-state index in [2.05, 4.69) is 69.3 Å². The van der Waals surface area contributed by atoms with Crippen molar-refractivity contribution >= 4 is 24.7 Å². The summed E-state index contributed by atoms with van der Waals surface area (Å²) >= 11 is 0. The third-order valence-electron chi connectivity index (χ3n) is 6.52. The molecular formula is C25H34O4Si. The Hall–Kier alpha value is -1.95. The van der Waals surface area contributed by atoms with Crippen LogP contribution < -0.4 is 10.4 Å². The van der Waals surface area contributed by atoms with E-state index in [0.717, 1.165) is 0 Å². The first-order valence-electron chi connectivity index (χ1n) is 10.8. The number of esters is 1. The lowest BCUT2D eigenvalue weighted by molar-refractivity contribution is -0.151. The van der Waals surface area contributed by atoms with Crippen LogP contribution in [-0.4, -0.2) is 38.7 Å². The molecule has 1 N–H and O–H groups in total. The highest BCUT2D eigenvalue weighted by atomic mass is 28.4. The quantitative estimate of drug-likeness (QED) is 0.587. The average molecular weight is 427 g/mol. The highest BCUT2D eigenvalue weighted by Crippen LogP contribution is 2.41. The van der Waals surface area contributed by atoms with Crippen molar-refractivity contribution in [2.24, 2.45) is 11.8 Å². The fourth-order valence-electron chi connectivity index (χ4n) is 4.78. The number of carbonyl (C=O) groups is 1. The molecule has 0 amide bonds. The van der Waals surface area contributed by atoms with Gasteiger partial charge in [-0.25, -0.2) is 0 Å². The zero-order valence-corrected chi connectivity index (χ0v) is 19.7. The van der Waals surface area contributed by atoms with Crippen LogP contribution >= 0.6 is 0 Å². The second kappa shape index (κ2) is 9.04. The van der Waals surface area contributed by atoms with Gasteiger partial charge in [0.05, 0.1) is 25.2 Å². The molecule has 0 saturated heterocycles. The summed E-state index contributed by atoms with van der Waals surface area (Å²) in [7, 11) is -1.34. The number of hydrogen-bond acceptors (Lipinski definition) is 4. The monoisotopic (exact) mass is 426 g/mol. The summed E-state index contributed by atoms with van der Waals surface area (Å²) in [5.41, 5.74) is 0. The molecule has 30 heavy (non-hydrogen) atoms. The van der Waals surface area contributed by atoms with Crippen LogP contribution in [0.2, 0.25) is 5.04 Å². The summed E-state index contributed by atoms with van der Waals surface area (Å²) in [5, 5.41) is 13.0. The smallest absolute Gasteiger partial charge is 0.308 e. The molecule has 4 nitrogen and oxygen atoms in total. The standard InChI is InChI=1S/C25H34O4Si/c1-18-22(26)16-19(24(27)28-5)17-23(18)29-30(25(2,3)4,20-12-8-6-9-13-20)21-14-10-7-11-15-21/h6-15,18-19,22-23,26H,16-17H2,1-5H3/t18-,19-,22-,23-/m1/s1. The fraction of sp³-hybridized carbons (Fsp3) is 0.480. The van der Waals surface area contributed by atoms with Crippen LogP contribution in [0.4, 0.5) is 0 Å². The second-order valence-corrected chi connectivity index (χ2v) is 13.7. The van der Waals surface area contributed by atoms with Crippen LogP contribution in [0.15, 0.2) is 60.7 Å². The van der Waals surface area contributed by atoms with Crippen LogP contribution in [0.1, 0.15) is 40.5 Å². The van der Waals surface area contributed by atoms with Gasteiger partial charge >= 0.3 is 5.97 Å². The van der Waals surface area contributed by atoms with Gasteiger partial charge in [0, 0.05) is 5.92 Å². The van der Waals surface area contributed by atoms with Crippen molar-refractivity contribution in [3.05, 3.63) is 60.7 Å². The summed E-state index contributed by atoms with van der Waals surface area (Å²) in [4.78, 5) is 12.3. The maximum atomic E-state index is 12.3. The molecule has 1 saturated carbocycles. The zero-order valence-electron chi connectivity index (χ0n) is 18.7. The summed E-state index contributed by atoms with van der Waals surface area (Å²) in [5.74, 6) is -0.672. The van der Waals surface area contributed by atoms with Gasteiger partial charge < -0.3 is 14.3 Å². The van der Waals surface area contributed by atoms with Crippen LogP contribution in [-0.2, 0) is 14.0 Å². The lowest BCUT2D eigenvalue weighted by Gasteiger charge is -2.48. The minimum atomic E-state index is -2.75. The van der Waals surface area contributed by atoms with Gasteiger partial charge in [0.25, 0.3) is 8.32 Å². The number of ether oxygens (including phenoxy) is 1. The van der Waals surface area contributed by atoms with E-state index in [1.54, 1.807) is 0 Å². The highest BCUT2D eigenvalue weighted by Gasteiger charge is 2.53. The number of aliphatic hydroxyl groups is 1. The lowest BCUT2D eigenvalue weighted by Crippen LogP contribution is -2.68. The van der Waals surface area contributed by atoms with Gasteiger partial charge in [-0.05, 0) is 28.3 Å². The van der Waals surface area contributed by atoms with E-state index in [9.17, 15) is 9.90 Å². The molecule has 5 heteroatoms. The summed E-state index contributed by atoms with van der Waals surface area (Å²) in [6, 6.07) is 20.9. The maximum absolute atomic E-state index is 12.3. The molecule has 162 valence electrons. The Morgan fingerprint density at radius 2 is 1.47 bits per heavy atom. The fourth-order valence-corrected chi connectivity index (χ4v) is 9.56. The van der Waals surface area contributed by atoms with Gasteiger partial charge in [0.1, 0.15) is 0 Å². The minimum absolute atomic E-state index is 0.0624. The molecule has 1 fully saturated rings. The van der Waals surface area contributed by atoms with E-state index in [0.29, 0.717) is 12.8 Å². The van der Waals surface area contributed by atoms with Crippen molar-refractivity contribution in [3.8, 4) is 0 Å². The molecule has 1 aliphatic rings. The summed E-state index contributed by atoms with van der Waals surface area (Å²) < 4.78 is 12.2. The Labute approximate surface area is 181 Å². The van der Waals surface area contributed by atoms with Gasteiger partial charge in [-0.1, -0.05) is 88.4 Å². The van der Waals surface area contributed by atoms with E-state index in [1.807, 2.05) is 19.1 Å². The Balaban J connectivity index is 2.12. The van der Waals surface area contributed by atoms with E-state index >= 15 is 0 Å². The number of aliphatic hydroxyl groups excluding tert-OH is 1. The predicted molar refractivity (Wildman–Crippen MR) is 122 cm³/mol. The number of carbonyl (C=O) groups excluding carboxylic acids is 1. The Bertz CT molecular complexity index is 792. The summed E-state index contributed by atoms with van der Waals surface area (Å²) in [6.45, 7) is 8.74. The number of benzene rings is 2. The van der Waals surface area contributed by atoms with E-state index < -0.39 is 14.4 Å². The van der Waals surface area contributed by atoms with Crippen molar-refractivity contribution in [2.45, 2.75) is 57.8 Å². The van der Waals surface area contributed by atoms with Crippen LogP contribution in [0.5, 0.6) is 0 Å². The second-order valence-electron chi connectivity index (χ2n) is 9.44. The van der Waals surface area contributed by atoms with Crippen LogP contribution in [0.25, 0.3) is 0 Å². The predicted octanol–water partition coefficient (Wildman–Crippen LogP) is 3.51. The first-order chi connectivity index (χ1) is 14.2. The average Bonchev–Trinajstić information content (AvgIpc) is 2.74. The number of rotatable bonds is 5. The Morgan fingerprint density at radius 1 is 0.967 bits per heavy atom. The third-order valence-corrected chi connectivity index (χ3v) is 11.6.